The van der Waals surface area contributed by atoms with E-state index in [-0.39, 0.29) is 5.91 Å². The van der Waals surface area contributed by atoms with Crippen molar-refractivity contribution in [2.24, 2.45) is 0 Å². The Morgan fingerprint density at radius 2 is 1.50 bits per heavy atom. The first-order valence-electron chi connectivity index (χ1n) is 9.49. The van der Waals surface area contributed by atoms with Crippen LogP contribution in [0.3, 0.4) is 0 Å². The first-order chi connectivity index (χ1) is 13.7. The van der Waals surface area contributed by atoms with Gasteiger partial charge in [-0.15, -0.1) is 0 Å². The summed E-state index contributed by atoms with van der Waals surface area (Å²) in [5.41, 5.74) is 4.46. The largest absolute Gasteiger partial charge is 0.372 e. The summed E-state index contributed by atoms with van der Waals surface area (Å²) in [5, 5.41) is 6.01. The molecule has 0 saturated carbocycles. The topological polar surface area (TPSA) is 70.2 Å². The summed E-state index contributed by atoms with van der Waals surface area (Å²) >= 11 is 0. The van der Waals surface area contributed by atoms with Crippen LogP contribution in [-0.2, 0) is 0 Å². The van der Waals surface area contributed by atoms with Crippen LogP contribution in [0.25, 0.3) is 0 Å². The average molecular weight is 373 g/mol. The second-order valence-corrected chi connectivity index (χ2v) is 6.98. The molecule has 4 rings (SSSR count). The van der Waals surface area contributed by atoms with E-state index < -0.39 is 0 Å². The Bertz CT molecular complexity index is 930. The molecule has 2 N–H and O–H groups in total. The van der Waals surface area contributed by atoms with Crippen LogP contribution in [-0.4, -0.2) is 29.0 Å². The molecule has 2 aromatic carbocycles. The summed E-state index contributed by atoms with van der Waals surface area (Å²) in [6.07, 6.45) is 5.54. The summed E-state index contributed by atoms with van der Waals surface area (Å²) in [6, 6.07) is 15.9. The van der Waals surface area contributed by atoms with Crippen LogP contribution in [0.2, 0.25) is 0 Å². The highest BCUT2D eigenvalue weighted by Crippen LogP contribution is 2.22. The second kappa shape index (κ2) is 8.08. The summed E-state index contributed by atoms with van der Waals surface area (Å²) in [4.78, 5) is 23.3. The maximum absolute atomic E-state index is 12.4. The molecule has 0 spiro atoms. The van der Waals surface area contributed by atoms with Gasteiger partial charge in [0.25, 0.3) is 5.91 Å². The van der Waals surface area contributed by atoms with Gasteiger partial charge in [0.05, 0.1) is 5.56 Å². The van der Waals surface area contributed by atoms with Gasteiger partial charge in [0.1, 0.15) is 0 Å². The van der Waals surface area contributed by atoms with E-state index in [0.717, 1.165) is 24.5 Å². The van der Waals surface area contributed by atoms with E-state index in [4.69, 9.17) is 0 Å². The highest BCUT2D eigenvalue weighted by molar-refractivity contribution is 6.04. The molecule has 6 heteroatoms. The van der Waals surface area contributed by atoms with Crippen LogP contribution in [0.4, 0.5) is 23.0 Å². The minimum Gasteiger partial charge on any atom is -0.372 e. The Labute approximate surface area is 164 Å². The van der Waals surface area contributed by atoms with E-state index in [2.05, 4.69) is 25.5 Å². The SMILES string of the molecule is Cc1ccc(Nc2ncc(C(=O)Nc3ccc(N4CCCC4)cc3)cn2)cc1. The normalized spacial score (nSPS) is 13.4. The van der Waals surface area contributed by atoms with Gasteiger partial charge in [-0.1, -0.05) is 17.7 Å². The van der Waals surface area contributed by atoms with E-state index >= 15 is 0 Å². The van der Waals surface area contributed by atoms with Crippen molar-refractivity contribution in [1.82, 2.24) is 9.97 Å². The van der Waals surface area contributed by atoms with Gasteiger partial charge in [0.15, 0.2) is 0 Å². The average Bonchev–Trinajstić information content (AvgIpc) is 3.26. The van der Waals surface area contributed by atoms with Crippen LogP contribution in [0.15, 0.2) is 60.9 Å². The summed E-state index contributed by atoms with van der Waals surface area (Å²) < 4.78 is 0. The fourth-order valence-electron chi connectivity index (χ4n) is 3.21. The first-order valence-corrected chi connectivity index (χ1v) is 9.49. The van der Waals surface area contributed by atoms with Gasteiger partial charge >= 0.3 is 0 Å². The van der Waals surface area contributed by atoms with Gasteiger partial charge in [-0.25, -0.2) is 9.97 Å². The maximum Gasteiger partial charge on any atom is 0.258 e. The molecule has 28 heavy (non-hydrogen) atoms. The lowest BCUT2D eigenvalue weighted by Crippen LogP contribution is -2.17. The van der Waals surface area contributed by atoms with E-state index in [1.165, 1.54) is 36.5 Å². The molecule has 1 saturated heterocycles. The lowest BCUT2D eigenvalue weighted by atomic mass is 10.2. The number of hydrogen-bond acceptors (Lipinski definition) is 5. The number of benzene rings is 2. The number of carbonyl (C=O) groups is 1. The Morgan fingerprint density at radius 1 is 0.893 bits per heavy atom. The quantitative estimate of drug-likeness (QED) is 0.694. The van der Waals surface area contributed by atoms with Crippen LogP contribution >= 0.6 is 0 Å². The third-order valence-electron chi connectivity index (χ3n) is 4.82. The molecule has 1 fully saturated rings. The number of anilines is 4. The van der Waals surface area contributed by atoms with E-state index in [0.29, 0.717) is 11.5 Å². The van der Waals surface area contributed by atoms with Gasteiger partial charge in [-0.05, 0) is 56.2 Å². The molecule has 3 aromatic rings. The van der Waals surface area contributed by atoms with Gasteiger partial charge in [0, 0.05) is 42.5 Å². The zero-order valence-corrected chi connectivity index (χ0v) is 15.9. The van der Waals surface area contributed by atoms with Crippen molar-refractivity contribution in [3.05, 3.63) is 72.1 Å². The lowest BCUT2D eigenvalue weighted by molar-refractivity contribution is 0.102. The lowest BCUT2D eigenvalue weighted by Gasteiger charge is -2.17. The predicted octanol–water partition coefficient (Wildman–Crippen LogP) is 4.38. The van der Waals surface area contributed by atoms with Crippen molar-refractivity contribution in [3.8, 4) is 0 Å². The number of rotatable bonds is 5. The molecule has 0 bridgehead atoms. The zero-order chi connectivity index (χ0) is 19.3. The Hall–Kier alpha value is -3.41. The highest BCUT2D eigenvalue weighted by atomic mass is 16.1. The third-order valence-corrected chi connectivity index (χ3v) is 4.82. The van der Waals surface area contributed by atoms with Crippen LogP contribution in [0.1, 0.15) is 28.8 Å². The predicted molar refractivity (Wildman–Crippen MR) is 112 cm³/mol. The summed E-state index contributed by atoms with van der Waals surface area (Å²) in [5.74, 6) is 0.228. The highest BCUT2D eigenvalue weighted by Gasteiger charge is 2.13. The molecular formula is C22H23N5O. The molecule has 1 amide bonds. The van der Waals surface area contributed by atoms with Crippen molar-refractivity contribution >= 4 is 28.9 Å². The minimum atomic E-state index is -0.226. The first kappa shape index (κ1) is 18.0. The maximum atomic E-state index is 12.4. The number of aromatic nitrogens is 2. The molecule has 1 aliphatic heterocycles. The van der Waals surface area contributed by atoms with E-state index in [1.807, 2.05) is 55.5 Å². The molecule has 142 valence electrons. The van der Waals surface area contributed by atoms with Gasteiger partial charge in [-0.2, -0.15) is 0 Å². The summed E-state index contributed by atoms with van der Waals surface area (Å²) in [6.45, 7) is 4.24. The Balaban J connectivity index is 1.37. The fraction of sp³-hybridized carbons (Fsp3) is 0.227. The number of nitrogens with one attached hydrogen (secondary N) is 2. The second-order valence-electron chi connectivity index (χ2n) is 6.98. The standard InChI is InChI=1S/C22H23N5O/c1-16-4-6-19(7-5-16)26-22-23-14-17(15-24-22)21(28)25-18-8-10-20(11-9-18)27-12-2-3-13-27/h4-11,14-15H,2-3,12-13H2,1H3,(H,25,28)(H,23,24,26). The monoisotopic (exact) mass is 373 g/mol. The molecule has 1 aromatic heterocycles. The van der Waals surface area contributed by atoms with E-state index in [9.17, 15) is 4.79 Å². The van der Waals surface area contributed by atoms with Crippen molar-refractivity contribution in [2.45, 2.75) is 19.8 Å². The van der Waals surface area contributed by atoms with Crippen molar-refractivity contribution in [1.29, 1.82) is 0 Å². The van der Waals surface area contributed by atoms with Crippen LogP contribution in [0.5, 0.6) is 0 Å². The van der Waals surface area contributed by atoms with E-state index in [1.54, 1.807) is 0 Å². The third kappa shape index (κ3) is 4.28. The molecular weight excluding hydrogens is 350 g/mol. The fourth-order valence-corrected chi connectivity index (χ4v) is 3.21. The van der Waals surface area contributed by atoms with Gasteiger partial charge in [-0.3, -0.25) is 4.79 Å². The van der Waals surface area contributed by atoms with Gasteiger partial charge < -0.3 is 15.5 Å². The number of nitrogens with zero attached hydrogens (tertiary/aromatic N) is 3. The van der Waals surface area contributed by atoms with Crippen LogP contribution < -0.4 is 15.5 Å². The number of carbonyl (C=O) groups excluding carboxylic acids is 1. The molecule has 0 radical (unpaired) electrons. The molecule has 0 aliphatic carbocycles. The molecule has 0 unspecified atom stereocenters. The van der Waals surface area contributed by atoms with Crippen molar-refractivity contribution in [2.75, 3.05) is 28.6 Å². The van der Waals surface area contributed by atoms with Crippen LogP contribution in [0, 0.1) is 6.92 Å². The molecule has 6 nitrogen and oxygen atoms in total. The Morgan fingerprint density at radius 3 is 2.14 bits per heavy atom. The van der Waals surface area contributed by atoms with Crippen molar-refractivity contribution in [3.63, 3.8) is 0 Å². The molecule has 2 heterocycles. The zero-order valence-electron chi connectivity index (χ0n) is 15.9. The smallest absolute Gasteiger partial charge is 0.258 e. The number of amides is 1. The molecule has 0 atom stereocenters. The summed E-state index contributed by atoms with van der Waals surface area (Å²) in [7, 11) is 0. The van der Waals surface area contributed by atoms with Gasteiger partial charge in [0.2, 0.25) is 5.95 Å². The molecule has 1 aliphatic rings. The van der Waals surface area contributed by atoms with Crippen molar-refractivity contribution < 1.29 is 4.79 Å². The Kier molecular flexibility index (Phi) is 5.19. The number of aryl methyl sites for hydroxylation is 1. The number of hydrogen-bond donors (Lipinski definition) is 2. The minimum absolute atomic E-state index is 0.226.